The lowest BCUT2D eigenvalue weighted by atomic mass is 10.2. The zero-order valence-corrected chi connectivity index (χ0v) is 11.8. The quantitative estimate of drug-likeness (QED) is 0.932. The molecule has 0 spiro atoms. The molecule has 0 saturated carbocycles. The lowest BCUT2D eigenvalue weighted by molar-refractivity contribution is 0.194. The fourth-order valence-electron chi connectivity index (χ4n) is 1.60. The van der Waals surface area contributed by atoms with Gasteiger partial charge in [0.05, 0.1) is 10.6 Å². The third-order valence-corrected chi connectivity index (χ3v) is 3.16. The van der Waals surface area contributed by atoms with Crippen LogP contribution in [0.1, 0.15) is 24.2 Å². The fraction of sp³-hybridized carbons (Fsp3) is 0.214. The Kier molecular flexibility index (Phi) is 3.99. The maximum atomic E-state index is 9.66. The van der Waals surface area contributed by atoms with E-state index in [0.29, 0.717) is 17.2 Å². The predicted molar refractivity (Wildman–Crippen MR) is 73.8 cm³/mol. The molecule has 0 aliphatic heterocycles. The van der Waals surface area contributed by atoms with Crippen LogP contribution in [0.5, 0.6) is 11.6 Å². The van der Waals surface area contributed by atoms with Crippen molar-refractivity contribution in [1.82, 2.24) is 4.98 Å². The highest BCUT2D eigenvalue weighted by molar-refractivity contribution is 9.10. The molecule has 0 radical (unpaired) electrons. The van der Waals surface area contributed by atoms with Crippen molar-refractivity contribution in [2.45, 2.75) is 20.0 Å². The van der Waals surface area contributed by atoms with Crippen LogP contribution in [0.3, 0.4) is 0 Å². The Morgan fingerprint density at radius 1 is 1.33 bits per heavy atom. The molecule has 0 bridgehead atoms. The Balaban J connectivity index is 2.34. The number of hydrogen-bond donors (Lipinski definition) is 1. The summed E-state index contributed by atoms with van der Waals surface area (Å²) in [5, 5.41) is 9.66. The summed E-state index contributed by atoms with van der Waals surface area (Å²) in [7, 11) is 0. The normalized spacial score (nSPS) is 12.2. The number of hydrogen-bond acceptors (Lipinski definition) is 3. The van der Waals surface area contributed by atoms with Crippen LogP contribution < -0.4 is 4.74 Å². The minimum absolute atomic E-state index is 0.428. The molecular formula is C14H14BrNO2. The summed E-state index contributed by atoms with van der Waals surface area (Å²) in [5.74, 6) is 1.11. The molecule has 1 N–H and O–H groups in total. The molecule has 2 rings (SSSR count). The zero-order chi connectivity index (χ0) is 13.1. The van der Waals surface area contributed by atoms with E-state index in [-0.39, 0.29) is 0 Å². The summed E-state index contributed by atoms with van der Waals surface area (Å²) in [6.45, 7) is 3.70. The van der Waals surface area contributed by atoms with Gasteiger partial charge in [0.1, 0.15) is 5.75 Å². The van der Waals surface area contributed by atoms with Gasteiger partial charge in [0.15, 0.2) is 0 Å². The van der Waals surface area contributed by atoms with Crippen LogP contribution in [0, 0.1) is 6.92 Å². The lowest BCUT2D eigenvalue weighted by Crippen LogP contribution is -1.98. The van der Waals surface area contributed by atoms with Crippen LogP contribution in [0.4, 0.5) is 0 Å². The van der Waals surface area contributed by atoms with Gasteiger partial charge in [0, 0.05) is 11.8 Å². The van der Waals surface area contributed by atoms with E-state index in [9.17, 15) is 5.11 Å². The number of benzene rings is 1. The van der Waals surface area contributed by atoms with Crippen molar-refractivity contribution in [3.8, 4) is 11.6 Å². The second-order valence-electron chi connectivity index (χ2n) is 4.11. The van der Waals surface area contributed by atoms with Gasteiger partial charge in [-0.25, -0.2) is 4.98 Å². The summed E-state index contributed by atoms with van der Waals surface area (Å²) in [4.78, 5) is 4.16. The third-order valence-electron chi connectivity index (χ3n) is 2.54. The van der Waals surface area contributed by atoms with E-state index in [2.05, 4.69) is 20.9 Å². The molecule has 1 heterocycles. The Labute approximate surface area is 115 Å². The molecule has 1 aromatic heterocycles. The van der Waals surface area contributed by atoms with Gasteiger partial charge < -0.3 is 9.84 Å². The van der Waals surface area contributed by atoms with Gasteiger partial charge in [-0.05, 0) is 59.6 Å². The molecule has 3 nitrogen and oxygen atoms in total. The van der Waals surface area contributed by atoms with E-state index < -0.39 is 6.10 Å². The largest absolute Gasteiger partial charge is 0.437 e. The predicted octanol–water partition coefficient (Wildman–Crippen LogP) is 4.00. The number of pyridine rings is 1. The van der Waals surface area contributed by atoms with Crippen LogP contribution in [-0.2, 0) is 0 Å². The number of aliphatic hydroxyl groups excluding tert-OH is 1. The molecule has 0 fully saturated rings. The molecule has 0 saturated heterocycles. The molecule has 0 aliphatic carbocycles. The molecule has 1 unspecified atom stereocenters. The monoisotopic (exact) mass is 307 g/mol. The summed E-state index contributed by atoms with van der Waals surface area (Å²) in [6.07, 6.45) is 1.03. The number of nitrogens with zero attached hydrogens (tertiary/aromatic N) is 1. The number of rotatable bonds is 3. The number of halogens is 1. The molecule has 0 amide bonds. The minimum atomic E-state index is -0.613. The van der Waals surface area contributed by atoms with Crippen LogP contribution in [-0.4, -0.2) is 10.1 Å². The Morgan fingerprint density at radius 3 is 2.78 bits per heavy atom. The smallest absolute Gasteiger partial charge is 0.225 e. The first-order chi connectivity index (χ1) is 8.58. The Bertz CT molecular complexity index is 555. The maximum absolute atomic E-state index is 9.66. The van der Waals surface area contributed by atoms with Gasteiger partial charge >= 0.3 is 0 Å². The van der Waals surface area contributed by atoms with Crippen molar-refractivity contribution >= 4 is 15.9 Å². The van der Waals surface area contributed by atoms with Crippen LogP contribution in [0.15, 0.2) is 41.0 Å². The average Bonchev–Trinajstić information content (AvgIpc) is 2.33. The van der Waals surface area contributed by atoms with E-state index in [0.717, 1.165) is 10.0 Å². The van der Waals surface area contributed by atoms with E-state index in [1.54, 1.807) is 25.3 Å². The molecule has 1 atom stereocenters. The first kappa shape index (κ1) is 13.1. The first-order valence-electron chi connectivity index (χ1n) is 5.65. The summed E-state index contributed by atoms with van der Waals surface area (Å²) >= 11 is 3.45. The number of aryl methyl sites for hydroxylation is 1. The number of aromatic nitrogens is 1. The van der Waals surface area contributed by atoms with E-state index >= 15 is 0 Å². The highest BCUT2D eigenvalue weighted by Gasteiger charge is 2.12. The van der Waals surface area contributed by atoms with Gasteiger partial charge in [-0.3, -0.25) is 0 Å². The maximum Gasteiger partial charge on any atom is 0.225 e. The van der Waals surface area contributed by atoms with Crippen molar-refractivity contribution in [2.75, 3.05) is 0 Å². The summed E-state index contributed by atoms with van der Waals surface area (Å²) in [5.41, 5.74) is 1.82. The average molecular weight is 308 g/mol. The summed E-state index contributed by atoms with van der Waals surface area (Å²) < 4.78 is 6.60. The molecule has 18 heavy (non-hydrogen) atoms. The van der Waals surface area contributed by atoms with Gasteiger partial charge in [0.25, 0.3) is 0 Å². The lowest BCUT2D eigenvalue weighted by Gasteiger charge is -2.12. The fourth-order valence-corrected chi connectivity index (χ4v) is 2.17. The molecule has 0 aliphatic rings. The second kappa shape index (κ2) is 5.50. The Hall–Kier alpha value is -1.39. The van der Waals surface area contributed by atoms with Crippen LogP contribution in [0.2, 0.25) is 0 Å². The molecule has 2 aromatic rings. The Morgan fingerprint density at radius 2 is 2.11 bits per heavy atom. The van der Waals surface area contributed by atoms with Gasteiger partial charge in [-0.15, -0.1) is 0 Å². The van der Waals surface area contributed by atoms with Gasteiger partial charge in [-0.2, -0.15) is 0 Å². The highest BCUT2D eigenvalue weighted by atomic mass is 79.9. The van der Waals surface area contributed by atoms with Crippen LogP contribution in [0.25, 0.3) is 0 Å². The second-order valence-corrected chi connectivity index (χ2v) is 4.96. The molecule has 94 valence electrons. The zero-order valence-electron chi connectivity index (χ0n) is 10.2. The third kappa shape index (κ3) is 2.89. The minimum Gasteiger partial charge on any atom is -0.437 e. The van der Waals surface area contributed by atoms with Crippen molar-refractivity contribution in [1.29, 1.82) is 0 Å². The summed E-state index contributed by atoms with van der Waals surface area (Å²) in [6, 6.07) is 9.39. The van der Waals surface area contributed by atoms with Crippen LogP contribution >= 0.6 is 15.9 Å². The number of aliphatic hydroxyl groups is 1. The standard InChI is InChI=1S/C14H14BrNO2/c1-9-5-6-13(12(15)8-9)18-14-11(10(2)17)4-3-7-16-14/h3-8,10,17H,1-2H3. The van der Waals surface area contributed by atoms with Crippen molar-refractivity contribution < 1.29 is 9.84 Å². The van der Waals surface area contributed by atoms with E-state index in [1.165, 1.54) is 0 Å². The molecule has 4 heteroatoms. The van der Waals surface area contributed by atoms with Gasteiger partial charge in [-0.1, -0.05) is 6.07 Å². The number of ether oxygens (including phenoxy) is 1. The highest BCUT2D eigenvalue weighted by Crippen LogP contribution is 2.32. The first-order valence-corrected chi connectivity index (χ1v) is 6.44. The van der Waals surface area contributed by atoms with Crippen molar-refractivity contribution in [3.05, 3.63) is 52.1 Å². The topological polar surface area (TPSA) is 42.4 Å². The SMILES string of the molecule is Cc1ccc(Oc2ncccc2C(C)O)c(Br)c1. The van der Waals surface area contributed by atoms with Crippen molar-refractivity contribution in [2.24, 2.45) is 0 Å². The van der Waals surface area contributed by atoms with Crippen molar-refractivity contribution in [3.63, 3.8) is 0 Å². The molecular weight excluding hydrogens is 294 g/mol. The molecule has 1 aromatic carbocycles. The van der Waals surface area contributed by atoms with E-state index in [1.807, 2.05) is 25.1 Å². The van der Waals surface area contributed by atoms with E-state index in [4.69, 9.17) is 4.74 Å². The van der Waals surface area contributed by atoms with Gasteiger partial charge in [0.2, 0.25) is 5.88 Å².